The molecule has 8 heteroatoms. The van der Waals surface area contributed by atoms with E-state index in [1.54, 1.807) is 36.1 Å². The number of carbonyl (C=O) groups is 3. The molecule has 1 saturated heterocycles. The van der Waals surface area contributed by atoms with E-state index in [0.717, 1.165) is 6.42 Å². The Morgan fingerprint density at radius 3 is 2.68 bits per heavy atom. The van der Waals surface area contributed by atoms with Gasteiger partial charge in [0.2, 0.25) is 5.91 Å². The summed E-state index contributed by atoms with van der Waals surface area (Å²) < 4.78 is 0. The Labute approximate surface area is 152 Å². The molecule has 1 aliphatic rings. The Bertz CT molecular complexity index is 638. The van der Waals surface area contributed by atoms with Crippen LogP contribution in [0.15, 0.2) is 24.3 Å². The van der Waals surface area contributed by atoms with Crippen LogP contribution in [0.2, 0.25) is 5.02 Å². The van der Waals surface area contributed by atoms with Crippen LogP contribution in [0.4, 0.5) is 4.79 Å². The van der Waals surface area contributed by atoms with E-state index < -0.39 is 6.03 Å². The number of halogens is 1. The number of imide groups is 1. The fourth-order valence-corrected chi connectivity index (χ4v) is 2.90. The highest BCUT2D eigenvalue weighted by Crippen LogP contribution is 2.14. The summed E-state index contributed by atoms with van der Waals surface area (Å²) in [5, 5.41) is 5.34. The Morgan fingerprint density at radius 1 is 1.16 bits per heavy atom. The van der Waals surface area contributed by atoms with Gasteiger partial charge in [-0.2, -0.15) is 0 Å². The topological polar surface area (TPSA) is 81.8 Å². The maximum atomic E-state index is 12.6. The first kappa shape index (κ1) is 19.2. The molecule has 4 amide bonds. The van der Waals surface area contributed by atoms with E-state index in [4.69, 9.17) is 11.6 Å². The van der Waals surface area contributed by atoms with Gasteiger partial charge in [0.15, 0.2) is 0 Å². The van der Waals surface area contributed by atoms with Crippen molar-refractivity contribution in [2.75, 3.05) is 39.3 Å². The summed E-state index contributed by atoms with van der Waals surface area (Å²) in [6.45, 7) is 4.81. The third-order valence-corrected chi connectivity index (χ3v) is 4.14. The van der Waals surface area contributed by atoms with Crippen LogP contribution in [0, 0.1) is 0 Å². The van der Waals surface area contributed by atoms with Crippen LogP contribution in [0.3, 0.4) is 0 Å². The molecule has 0 radical (unpaired) electrons. The van der Waals surface area contributed by atoms with Gasteiger partial charge in [-0.1, -0.05) is 17.7 Å². The molecule has 0 aromatic heterocycles. The monoisotopic (exact) mass is 366 g/mol. The van der Waals surface area contributed by atoms with Crippen molar-refractivity contribution in [2.24, 2.45) is 0 Å². The molecular formula is C17H23ClN4O3. The van der Waals surface area contributed by atoms with E-state index in [9.17, 15) is 14.4 Å². The smallest absolute Gasteiger partial charge is 0.321 e. The van der Waals surface area contributed by atoms with Crippen molar-refractivity contribution >= 4 is 29.4 Å². The van der Waals surface area contributed by atoms with E-state index in [-0.39, 0.29) is 18.4 Å². The lowest BCUT2D eigenvalue weighted by Crippen LogP contribution is -2.45. The molecule has 0 atom stereocenters. The van der Waals surface area contributed by atoms with Crippen LogP contribution in [0.25, 0.3) is 0 Å². The Balaban J connectivity index is 1.86. The molecule has 25 heavy (non-hydrogen) atoms. The Hall–Kier alpha value is -2.12. The van der Waals surface area contributed by atoms with Gasteiger partial charge in [-0.3, -0.25) is 19.8 Å². The van der Waals surface area contributed by atoms with Gasteiger partial charge >= 0.3 is 6.03 Å². The van der Waals surface area contributed by atoms with Gasteiger partial charge < -0.3 is 10.2 Å². The molecule has 2 N–H and O–H groups in total. The number of hydrogen-bond donors (Lipinski definition) is 2. The molecule has 0 bridgehead atoms. The summed E-state index contributed by atoms with van der Waals surface area (Å²) >= 11 is 5.95. The molecule has 1 aromatic carbocycles. The second kappa shape index (κ2) is 9.39. The number of carbonyl (C=O) groups excluding carboxylic acids is 3. The quantitative estimate of drug-likeness (QED) is 0.842. The van der Waals surface area contributed by atoms with Gasteiger partial charge in [-0.15, -0.1) is 0 Å². The Morgan fingerprint density at radius 2 is 1.96 bits per heavy atom. The highest BCUT2D eigenvalue weighted by Gasteiger charge is 2.22. The van der Waals surface area contributed by atoms with Crippen molar-refractivity contribution in [1.82, 2.24) is 20.4 Å². The van der Waals surface area contributed by atoms with Crippen molar-refractivity contribution in [3.05, 3.63) is 34.9 Å². The molecule has 1 aliphatic heterocycles. The minimum Gasteiger partial charge on any atom is -0.338 e. The number of nitrogens with one attached hydrogen (secondary N) is 2. The number of benzene rings is 1. The lowest BCUT2D eigenvalue weighted by atomic mass is 10.2. The number of hydrogen-bond acceptors (Lipinski definition) is 4. The second-order valence-electron chi connectivity index (χ2n) is 5.84. The second-order valence-corrected chi connectivity index (χ2v) is 6.28. The van der Waals surface area contributed by atoms with E-state index in [0.29, 0.717) is 43.3 Å². The average Bonchev–Trinajstić information content (AvgIpc) is 2.79. The van der Waals surface area contributed by atoms with Gasteiger partial charge in [0.1, 0.15) is 0 Å². The van der Waals surface area contributed by atoms with Gasteiger partial charge in [-0.25, -0.2) is 4.79 Å². The molecule has 2 rings (SSSR count). The summed E-state index contributed by atoms with van der Waals surface area (Å²) in [5.74, 6) is -0.406. The van der Waals surface area contributed by atoms with Gasteiger partial charge in [0, 0.05) is 43.3 Å². The lowest BCUT2D eigenvalue weighted by molar-refractivity contribution is -0.121. The molecule has 1 fully saturated rings. The molecule has 0 unspecified atom stereocenters. The van der Waals surface area contributed by atoms with Crippen molar-refractivity contribution in [3.8, 4) is 0 Å². The first-order chi connectivity index (χ1) is 12.0. The first-order valence-corrected chi connectivity index (χ1v) is 8.72. The summed E-state index contributed by atoms with van der Waals surface area (Å²) in [6.07, 6.45) is 0.765. The summed E-state index contributed by atoms with van der Waals surface area (Å²) in [4.78, 5) is 39.5. The standard InChI is InChI=1S/C17H23ClN4O3/c1-2-19-17(25)20-15(23)12-21-7-4-8-22(10-9-21)16(24)13-5-3-6-14(18)11-13/h3,5-6,11H,2,4,7-10,12H2,1H3,(H2,19,20,23,25). The molecule has 1 aromatic rings. The largest absolute Gasteiger partial charge is 0.338 e. The number of nitrogens with zero attached hydrogens (tertiary/aromatic N) is 2. The highest BCUT2D eigenvalue weighted by atomic mass is 35.5. The predicted molar refractivity (Wildman–Crippen MR) is 95.6 cm³/mol. The van der Waals surface area contributed by atoms with E-state index in [1.165, 1.54) is 0 Å². The van der Waals surface area contributed by atoms with Crippen LogP contribution in [0.5, 0.6) is 0 Å². The highest BCUT2D eigenvalue weighted by molar-refractivity contribution is 6.30. The molecule has 7 nitrogen and oxygen atoms in total. The van der Waals surface area contributed by atoms with Gasteiger partial charge in [0.05, 0.1) is 6.54 Å². The number of urea groups is 1. The zero-order valence-electron chi connectivity index (χ0n) is 14.3. The van der Waals surface area contributed by atoms with Gasteiger partial charge in [0.25, 0.3) is 5.91 Å². The van der Waals surface area contributed by atoms with Crippen molar-refractivity contribution in [3.63, 3.8) is 0 Å². The van der Waals surface area contributed by atoms with Crippen molar-refractivity contribution in [1.29, 1.82) is 0 Å². The molecule has 136 valence electrons. The van der Waals surface area contributed by atoms with Crippen molar-refractivity contribution < 1.29 is 14.4 Å². The maximum absolute atomic E-state index is 12.6. The fourth-order valence-electron chi connectivity index (χ4n) is 2.71. The van der Waals surface area contributed by atoms with Crippen LogP contribution < -0.4 is 10.6 Å². The summed E-state index contributed by atoms with van der Waals surface area (Å²) in [5.41, 5.74) is 0.565. The van der Waals surface area contributed by atoms with Crippen LogP contribution in [-0.2, 0) is 4.79 Å². The van der Waals surface area contributed by atoms with E-state index >= 15 is 0 Å². The maximum Gasteiger partial charge on any atom is 0.321 e. The van der Waals surface area contributed by atoms with E-state index in [2.05, 4.69) is 10.6 Å². The zero-order chi connectivity index (χ0) is 18.2. The van der Waals surface area contributed by atoms with Crippen LogP contribution >= 0.6 is 11.6 Å². The normalized spacial score (nSPS) is 15.4. The number of amides is 4. The van der Waals surface area contributed by atoms with Crippen LogP contribution in [0.1, 0.15) is 23.7 Å². The molecule has 0 spiro atoms. The zero-order valence-corrected chi connectivity index (χ0v) is 15.0. The summed E-state index contributed by atoms with van der Waals surface area (Å²) in [7, 11) is 0. The molecule has 1 heterocycles. The lowest BCUT2D eigenvalue weighted by Gasteiger charge is -2.21. The Kier molecular flexibility index (Phi) is 7.21. The van der Waals surface area contributed by atoms with Crippen LogP contribution in [-0.4, -0.2) is 66.9 Å². The van der Waals surface area contributed by atoms with Crippen molar-refractivity contribution in [2.45, 2.75) is 13.3 Å². The SMILES string of the molecule is CCNC(=O)NC(=O)CN1CCCN(C(=O)c2cccc(Cl)c2)CC1. The minimum absolute atomic E-state index is 0.0591. The predicted octanol–water partition coefficient (Wildman–Crippen LogP) is 1.33. The molecule has 0 aliphatic carbocycles. The van der Waals surface area contributed by atoms with Gasteiger partial charge in [-0.05, 0) is 31.5 Å². The average molecular weight is 367 g/mol. The third-order valence-electron chi connectivity index (χ3n) is 3.90. The van der Waals surface area contributed by atoms with E-state index in [1.807, 2.05) is 4.90 Å². The summed E-state index contributed by atoms with van der Waals surface area (Å²) in [6, 6.07) is 6.41. The molecule has 0 saturated carbocycles. The fraction of sp³-hybridized carbons (Fsp3) is 0.471. The molecular weight excluding hydrogens is 344 g/mol. The number of rotatable bonds is 4. The third kappa shape index (κ3) is 6.03. The first-order valence-electron chi connectivity index (χ1n) is 8.34. The minimum atomic E-state index is -0.486.